The molecule has 18 heavy (non-hydrogen) atoms. The Morgan fingerprint density at radius 3 is 2.61 bits per heavy atom. The van der Waals surface area contributed by atoms with Crippen molar-refractivity contribution in [2.75, 3.05) is 13.1 Å². The second kappa shape index (κ2) is 7.23. The van der Waals surface area contributed by atoms with Gasteiger partial charge < -0.3 is 16.3 Å². The van der Waals surface area contributed by atoms with Crippen LogP contribution in [0.1, 0.15) is 12.0 Å². The van der Waals surface area contributed by atoms with Gasteiger partial charge in [0.1, 0.15) is 5.84 Å². The number of non-ortho nitro benzene ring substituents is 1. The molecule has 0 unspecified atom stereocenters. The summed E-state index contributed by atoms with van der Waals surface area (Å²) in [6.07, 6.45) is 1.25. The summed E-state index contributed by atoms with van der Waals surface area (Å²) in [7, 11) is 0. The van der Waals surface area contributed by atoms with Gasteiger partial charge in [0.25, 0.3) is 5.69 Å². The van der Waals surface area contributed by atoms with Gasteiger partial charge in [-0.05, 0) is 18.5 Å². The molecule has 4 N–H and O–H groups in total. The lowest BCUT2D eigenvalue weighted by Crippen LogP contribution is -2.24. The molecule has 7 heteroatoms. The minimum atomic E-state index is -0.418. The molecule has 0 heterocycles. The van der Waals surface area contributed by atoms with Crippen LogP contribution >= 0.6 is 0 Å². The van der Waals surface area contributed by atoms with E-state index in [0.717, 1.165) is 18.5 Å². The Hall–Kier alpha value is -2.15. The molecule has 1 aromatic carbocycles. The van der Waals surface area contributed by atoms with E-state index >= 15 is 0 Å². The summed E-state index contributed by atoms with van der Waals surface area (Å²) < 4.78 is 0. The van der Waals surface area contributed by atoms with Gasteiger partial charge in [-0.1, -0.05) is 17.3 Å². The number of rotatable bonds is 7. The van der Waals surface area contributed by atoms with Crippen LogP contribution in [0, 0.1) is 10.1 Å². The molecule has 1 rings (SSSR count). The normalized spacial score (nSPS) is 11.4. The predicted octanol–water partition coefficient (Wildman–Crippen LogP) is 0.863. The van der Waals surface area contributed by atoms with Crippen LogP contribution in [-0.2, 0) is 6.42 Å². The van der Waals surface area contributed by atoms with E-state index in [-0.39, 0.29) is 11.5 Å². The number of oxime groups is 1. The quantitative estimate of drug-likeness (QED) is 0.166. The molecule has 0 aliphatic heterocycles. The second-order valence-electron chi connectivity index (χ2n) is 3.76. The summed E-state index contributed by atoms with van der Waals surface area (Å²) >= 11 is 0. The highest BCUT2D eigenvalue weighted by atomic mass is 16.6. The van der Waals surface area contributed by atoms with Crippen LogP contribution < -0.4 is 11.1 Å². The lowest BCUT2D eigenvalue weighted by Gasteiger charge is -2.04. The van der Waals surface area contributed by atoms with Gasteiger partial charge in [0.05, 0.1) is 4.92 Å². The van der Waals surface area contributed by atoms with Crippen LogP contribution in [0.3, 0.4) is 0 Å². The minimum Gasteiger partial charge on any atom is -0.409 e. The van der Waals surface area contributed by atoms with Gasteiger partial charge in [0.15, 0.2) is 0 Å². The molecule has 1 aromatic rings. The smallest absolute Gasteiger partial charge is 0.269 e. The monoisotopic (exact) mass is 252 g/mol. The maximum Gasteiger partial charge on any atom is 0.269 e. The standard InChI is InChI=1S/C11H16N4O3/c12-11(14-16)6-8-13-7-5-9-1-3-10(4-2-9)15(17)18/h1-4,13,16H,5-8H2,(H2,12,14). The third-order valence-corrected chi connectivity index (χ3v) is 2.42. The fourth-order valence-electron chi connectivity index (χ4n) is 1.41. The first-order chi connectivity index (χ1) is 8.63. The van der Waals surface area contributed by atoms with E-state index in [0.29, 0.717) is 13.0 Å². The van der Waals surface area contributed by atoms with E-state index in [1.165, 1.54) is 12.1 Å². The summed E-state index contributed by atoms with van der Waals surface area (Å²) in [6.45, 7) is 1.36. The average Bonchev–Trinajstić information content (AvgIpc) is 2.38. The van der Waals surface area contributed by atoms with Crippen molar-refractivity contribution in [3.63, 3.8) is 0 Å². The maximum atomic E-state index is 10.5. The van der Waals surface area contributed by atoms with E-state index in [1.807, 2.05) is 0 Å². The Kier molecular flexibility index (Phi) is 5.59. The highest BCUT2D eigenvalue weighted by Crippen LogP contribution is 2.11. The molecule has 0 aromatic heterocycles. The lowest BCUT2D eigenvalue weighted by molar-refractivity contribution is -0.384. The predicted molar refractivity (Wildman–Crippen MR) is 67.7 cm³/mol. The molecule has 0 aliphatic rings. The topological polar surface area (TPSA) is 114 Å². The number of benzene rings is 1. The molecular weight excluding hydrogens is 236 g/mol. The van der Waals surface area contributed by atoms with Gasteiger partial charge in [0, 0.05) is 25.1 Å². The molecule has 0 aliphatic carbocycles. The molecule has 0 amide bonds. The van der Waals surface area contributed by atoms with Crippen LogP contribution in [0.25, 0.3) is 0 Å². The zero-order chi connectivity index (χ0) is 13.4. The molecule has 0 radical (unpaired) electrons. The van der Waals surface area contributed by atoms with E-state index in [4.69, 9.17) is 10.9 Å². The number of nitro groups is 1. The molecule has 7 nitrogen and oxygen atoms in total. The number of nitro benzene ring substituents is 1. The Balaban J connectivity index is 2.25. The number of nitrogens with two attached hydrogens (primary N) is 1. The van der Waals surface area contributed by atoms with Gasteiger partial charge in [-0.2, -0.15) is 0 Å². The molecule has 0 saturated heterocycles. The zero-order valence-electron chi connectivity index (χ0n) is 9.87. The highest BCUT2D eigenvalue weighted by Gasteiger charge is 2.03. The van der Waals surface area contributed by atoms with Crippen molar-refractivity contribution in [1.82, 2.24) is 5.32 Å². The second-order valence-corrected chi connectivity index (χ2v) is 3.76. The Morgan fingerprint density at radius 2 is 2.06 bits per heavy atom. The first-order valence-corrected chi connectivity index (χ1v) is 5.54. The van der Waals surface area contributed by atoms with E-state index in [2.05, 4.69) is 10.5 Å². The number of nitrogens with zero attached hydrogens (tertiary/aromatic N) is 2. The van der Waals surface area contributed by atoms with Crippen LogP contribution in [-0.4, -0.2) is 29.1 Å². The Labute approximate surface area is 104 Å². The van der Waals surface area contributed by atoms with Gasteiger partial charge in [-0.25, -0.2) is 0 Å². The van der Waals surface area contributed by atoms with Crippen molar-refractivity contribution in [2.24, 2.45) is 10.9 Å². The fraction of sp³-hybridized carbons (Fsp3) is 0.364. The summed E-state index contributed by atoms with van der Waals surface area (Å²) in [5.41, 5.74) is 6.43. The highest BCUT2D eigenvalue weighted by molar-refractivity contribution is 5.79. The van der Waals surface area contributed by atoms with Gasteiger partial charge in [-0.15, -0.1) is 0 Å². The van der Waals surface area contributed by atoms with Crippen molar-refractivity contribution in [3.05, 3.63) is 39.9 Å². The third-order valence-electron chi connectivity index (χ3n) is 2.42. The molecule has 0 spiro atoms. The number of nitrogens with one attached hydrogen (secondary N) is 1. The summed E-state index contributed by atoms with van der Waals surface area (Å²) in [4.78, 5) is 10.0. The van der Waals surface area contributed by atoms with Gasteiger partial charge in [-0.3, -0.25) is 10.1 Å². The fourth-order valence-corrected chi connectivity index (χ4v) is 1.41. The van der Waals surface area contributed by atoms with E-state index in [1.54, 1.807) is 12.1 Å². The summed E-state index contributed by atoms with van der Waals surface area (Å²) in [5.74, 6) is 0.192. The molecule has 0 saturated carbocycles. The van der Waals surface area contributed by atoms with Crippen LogP contribution in [0.2, 0.25) is 0 Å². The number of hydrogen-bond donors (Lipinski definition) is 3. The molecule has 0 bridgehead atoms. The summed E-state index contributed by atoms with van der Waals surface area (Å²) in [5, 5.41) is 24.8. The van der Waals surface area contributed by atoms with Crippen molar-refractivity contribution < 1.29 is 10.1 Å². The lowest BCUT2D eigenvalue weighted by atomic mass is 10.1. The molecule has 0 atom stereocenters. The largest absolute Gasteiger partial charge is 0.409 e. The first-order valence-electron chi connectivity index (χ1n) is 5.54. The van der Waals surface area contributed by atoms with E-state index in [9.17, 15) is 10.1 Å². The summed E-state index contributed by atoms with van der Waals surface area (Å²) in [6, 6.07) is 6.46. The van der Waals surface area contributed by atoms with Gasteiger partial charge >= 0.3 is 0 Å². The Morgan fingerprint density at radius 1 is 1.39 bits per heavy atom. The number of amidine groups is 1. The number of hydrogen-bond acceptors (Lipinski definition) is 5. The van der Waals surface area contributed by atoms with Crippen LogP contribution in [0.4, 0.5) is 5.69 Å². The van der Waals surface area contributed by atoms with Crippen LogP contribution in [0.5, 0.6) is 0 Å². The van der Waals surface area contributed by atoms with Crippen molar-refractivity contribution >= 4 is 11.5 Å². The van der Waals surface area contributed by atoms with Crippen molar-refractivity contribution in [2.45, 2.75) is 12.8 Å². The SMILES string of the molecule is N/C(CCNCCc1ccc([N+](=O)[O-])cc1)=N\O. The minimum absolute atomic E-state index is 0.0960. The Bertz CT molecular complexity index is 417. The molecular formula is C11H16N4O3. The van der Waals surface area contributed by atoms with E-state index < -0.39 is 4.92 Å². The first kappa shape index (κ1) is 13.9. The average molecular weight is 252 g/mol. The molecule has 98 valence electrons. The van der Waals surface area contributed by atoms with Crippen molar-refractivity contribution in [3.8, 4) is 0 Å². The van der Waals surface area contributed by atoms with Gasteiger partial charge in [0.2, 0.25) is 0 Å². The maximum absolute atomic E-state index is 10.5. The zero-order valence-corrected chi connectivity index (χ0v) is 9.87. The third kappa shape index (κ3) is 4.79. The van der Waals surface area contributed by atoms with Crippen LogP contribution in [0.15, 0.2) is 29.4 Å². The van der Waals surface area contributed by atoms with Crippen molar-refractivity contribution in [1.29, 1.82) is 0 Å². The molecule has 0 fully saturated rings.